The van der Waals surface area contributed by atoms with Gasteiger partial charge in [0.05, 0.1) is 5.92 Å². The molecule has 0 radical (unpaired) electrons. The van der Waals surface area contributed by atoms with Crippen molar-refractivity contribution in [1.29, 1.82) is 0 Å². The lowest BCUT2D eigenvalue weighted by Gasteiger charge is -2.44. The van der Waals surface area contributed by atoms with Crippen LogP contribution in [0, 0.1) is 5.92 Å². The third-order valence-corrected chi connectivity index (χ3v) is 3.02. The zero-order chi connectivity index (χ0) is 19.3. The van der Waals surface area contributed by atoms with E-state index in [0.717, 1.165) is 0 Å². The van der Waals surface area contributed by atoms with Crippen molar-refractivity contribution in [2.45, 2.75) is 49.4 Å². The van der Waals surface area contributed by atoms with E-state index in [0.29, 0.717) is 0 Å². The molecule has 0 amide bonds. The summed E-state index contributed by atoms with van der Waals surface area (Å²) in [5.41, 5.74) is -14.1. The number of halogens is 14. The minimum absolute atomic E-state index is 0.0672. The summed E-state index contributed by atoms with van der Waals surface area (Å²) >= 11 is 0. The van der Waals surface area contributed by atoms with Crippen LogP contribution in [0.1, 0.15) is 13.3 Å². The van der Waals surface area contributed by atoms with Gasteiger partial charge in [0.1, 0.15) is 0 Å². The highest BCUT2D eigenvalue weighted by atomic mass is 19.4. The van der Waals surface area contributed by atoms with Gasteiger partial charge in [-0.05, 0) is 6.42 Å². The Balaban J connectivity index is 6.76. The summed E-state index contributed by atoms with van der Waals surface area (Å²) in [5.74, 6) is -5.19. The van der Waals surface area contributed by atoms with Crippen LogP contribution in [-0.2, 0) is 0 Å². The van der Waals surface area contributed by atoms with Crippen LogP contribution in [-0.4, -0.2) is 36.0 Å². The van der Waals surface area contributed by atoms with Gasteiger partial charge in [0.25, 0.3) is 0 Å². The summed E-state index contributed by atoms with van der Waals surface area (Å²) < 4.78 is 175. The molecule has 0 heterocycles. The van der Waals surface area contributed by atoms with Gasteiger partial charge in [-0.15, -0.1) is 0 Å². The van der Waals surface area contributed by atoms with Crippen LogP contribution < -0.4 is 0 Å². The van der Waals surface area contributed by atoms with Crippen LogP contribution in [0.4, 0.5) is 61.5 Å². The van der Waals surface area contributed by atoms with Gasteiger partial charge in [-0.3, -0.25) is 0 Å². The topological polar surface area (TPSA) is 0 Å². The standard InChI is InChI=1S/C9H6F14/c1-2-3(4(10,6(12,13)14)7(15,16)17)5(11,8(18,19)20)9(21,22)23/h3H,2H2,1H3. The highest BCUT2D eigenvalue weighted by Gasteiger charge is 2.87. The average Bonchev–Trinajstić information content (AvgIpc) is 2.22. The minimum atomic E-state index is -7.28. The zero-order valence-corrected chi connectivity index (χ0v) is 10.6. The molecule has 0 nitrogen and oxygen atoms in total. The molecule has 0 fully saturated rings. The van der Waals surface area contributed by atoms with E-state index >= 15 is 0 Å². The van der Waals surface area contributed by atoms with Crippen LogP contribution in [0.2, 0.25) is 0 Å². The quantitative estimate of drug-likeness (QED) is 0.553. The molecule has 14 heteroatoms. The van der Waals surface area contributed by atoms with Crippen molar-refractivity contribution in [2.24, 2.45) is 5.92 Å². The molecule has 0 rings (SSSR count). The fourth-order valence-corrected chi connectivity index (χ4v) is 1.95. The average molecular weight is 380 g/mol. The van der Waals surface area contributed by atoms with Crippen LogP contribution in [0.25, 0.3) is 0 Å². The monoisotopic (exact) mass is 380 g/mol. The number of hydrogen-bond acceptors (Lipinski definition) is 0. The second-order valence-electron chi connectivity index (χ2n) is 4.38. The fourth-order valence-electron chi connectivity index (χ4n) is 1.95. The molecule has 0 aromatic heterocycles. The van der Waals surface area contributed by atoms with Gasteiger partial charge in [0.2, 0.25) is 0 Å². The lowest BCUT2D eigenvalue weighted by atomic mass is 9.73. The molecule has 0 N–H and O–H groups in total. The molecule has 0 bridgehead atoms. The largest absolute Gasteiger partial charge is 0.431 e. The van der Waals surface area contributed by atoms with Crippen molar-refractivity contribution in [2.75, 3.05) is 0 Å². The van der Waals surface area contributed by atoms with Crippen molar-refractivity contribution in [3.05, 3.63) is 0 Å². The Morgan fingerprint density at radius 3 is 0.739 bits per heavy atom. The van der Waals surface area contributed by atoms with Gasteiger partial charge >= 0.3 is 36.0 Å². The first-order valence-corrected chi connectivity index (χ1v) is 5.34. The van der Waals surface area contributed by atoms with Gasteiger partial charge in [0, 0.05) is 0 Å². The van der Waals surface area contributed by atoms with Crippen LogP contribution in [0.3, 0.4) is 0 Å². The van der Waals surface area contributed by atoms with Crippen molar-refractivity contribution in [3.8, 4) is 0 Å². The highest BCUT2D eigenvalue weighted by molar-refractivity contribution is 5.12. The molecule has 0 aliphatic heterocycles. The van der Waals surface area contributed by atoms with Crippen molar-refractivity contribution < 1.29 is 61.5 Å². The van der Waals surface area contributed by atoms with Gasteiger partial charge in [0.15, 0.2) is 0 Å². The Morgan fingerprint density at radius 2 is 0.652 bits per heavy atom. The van der Waals surface area contributed by atoms with Crippen LogP contribution in [0.5, 0.6) is 0 Å². The maximum Gasteiger partial charge on any atom is 0.431 e. The predicted molar refractivity (Wildman–Crippen MR) is 45.7 cm³/mol. The van der Waals surface area contributed by atoms with Gasteiger partial charge < -0.3 is 0 Å². The summed E-state index contributed by atoms with van der Waals surface area (Å²) in [7, 11) is 0. The van der Waals surface area contributed by atoms with E-state index in [9.17, 15) is 61.5 Å². The zero-order valence-electron chi connectivity index (χ0n) is 10.6. The molecular formula is C9H6F14. The Hall–Kier alpha value is -0.980. The second kappa shape index (κ2) is 5.53. The maximum absolute atomic E-state index is 13.5. The molecular weight excluding hydrogens is 374 g/mol. The molecule has 0 aliphatic carbocycles. The second-order valence-corrected chi connectivity index (χ2v) is 4.38. The normalized spacial score (nSPS) is 16.2. The molecule has 140 valence electrons. The number of alkyl halides is 14. The first-order valence-electron chi connectivity index (χ1n) is 5.34. The molecule has 0 unspecified atom stereocenters. The van der Waals surface area contributed by atoms with E-state index in [1.165, 1.54) is 0 Å². The van der Waals surface area contributed by atoms with E-state index in [4.69, 9.17) is 0 Å². The first-order chi connectivity index (χ1) is 9.69. The van der Waals surface area contributed by atoms with Crippen LogP contribution >= 0.6 is 0 Å². The Bertz CT molecular complexity index is 340. The molecule has 23 heavy (non-hydrogen) atoms. The molecule has 0 aliphatic rings. The van der Waals surface area contributed by atoms with E-state index in [2.05, 4.69) is 0 Å². The summed E-state index contributed by atoms with van der Waals surface area (Å²) in [4.78, 5) is 0. The van der Waals surface area contributed by atoms with Crippen molar-refractivity contribution in [1.82, 2.24) is 0 Å². The molecule has 0 aromatic carbocycles. The molecule has 0 atom stereocenters. The third kappa shape index (κ3) is 3.16. The van der Waals surface area contributed by atoms with E-state index in [1.54, 1.807) is 0 Å². The number of hydrogen-bond donors (Lipinski definition) is 0. The molecule has 0 saturated heterocycles. The summed E-state index contributed by atoms with van der Waals surface area (Å²) in [6.07, 6.45) is -31.5. The molecule has 0 saturated carbocycles. The summed E-state index contributed by atoms with van der Waals surface area (Å²) in [6.45, 7) is -0.0672. The SMILES string of the molecule is CCC(C(F)(C(F)(F)F)C(F)(F)F)C(F)(C(F)(F)F)C(F)(F)F. The predicted octanol–water partition coefficient (Wildman–Crippen LogP) is 5.68. The summed E-state index contributed by atoms with van der Waals surface area (Å²) in [6, 6.07) is 0. The first kappa shape index (κ1) is 22.0. The van der Waals surface area contributed by atoms with Gasteiger partial charge in [-0.2, -0.15) is 52.7 Å². The smallest absolute Gasteiger partial charge is 0.223 e. The van der Waals surface area contributed by atoms with E-state index in [-0.39, 0.29) is 6.92 Å². The highest BCUT2D eigenvalue weighted by Crippen LogP contribution is 2.61. The van der Waals surface area contributed by atoms with Gasteiger partial charge in [-0.1, -0.05) is 6.92 Å². The van der Waals surface area contributed by atoms with Gasteiger partial charge in [-0.25, -0.2) is 8.78 Å². The summed E-state index contributed by atoms with van der Waals surface area (Å²) in [5, 5.41) is 0. The van der Waals surface area contributed by atoms with Crippen LogP contribution in [0.15, 0.2) is 0 Å². The van der Waals surface area contributed by atoms with E-state index in [1.807, 2.05) is 0 Å². The fraction of sp³-hybridized carbons (Fsp3) is 1.00. The third-order valence-electron chi connectivity index (χ3n) is 3.02. The molecule has 0 aromatic rings. The Morgan fingerprint density at radius 1 is 0.478 bits per heavy atom. The maximum atomic E-state index is 13.5. The minimum Gasteiger partial charge on any atom is -0.223 e. The van der Waals surface area contributed by atoms with E-state index < -0.39 is 48.4 Å². The van der Waals surface area contributed by atoms with Crippen molar-refractivity contribution in [3.63, 3.8) is 0 Å². The lowest BCUT2D eigenvalue weighted by Crippen LogP contribution is -2.70. The number of rotatable bonds is 3. The lowest BCUT2D eigenvalue weighted by molar-refractivity contribution is -0.417. The molecule has 0 spiro atoms. The van der Waals surface area contributed by atoms with Crippen molar-refractivity contribution >= 4 is 0 Å². The Kier molecular flexibility index (Phi) is 5.30. The Labute approximate surface area is 118 Å².